The summed E-state index contributed by atoms with van der Waals surface area (Å²) in [7, 11) is 0. The second-order valence-corrected chi connectivity index (χ2v) is 3.52. The lowest BCUT2D eigenvalue weighted by Gasteiger charge is -2.00. The van der Waals surface area contributed by atoms with E-state index in [4.69, 9.17) is 5.53 Å². The molecular weight excluding hydrogens is 178 g/mol. The molecule has 4 nitrogen and oxygen atoms in total. The maximum absolute atomic E-state index is 10.9. The third-order valence-corrected chi connectivity index (χ3v) is 2.19. The summed E-state index contributed by atoms with van der Waals surface area (Å²) in [5, 5.41) is 2.83. The number of amides is 1. The van der Waals surface area contributed by atoms with Gasteiger partial charge in [-0.05, 0) is 6.42 Å². The summed E-state index contributed by atoms with van der Waals surface area (Å²) in [4.78, 5) is 10.9. The first-order valence-electron chi connectivity index (χ1n) is 5.46. The van der Waals surface area contributed by atoms with Gasteiger partial charge < -0.3 is 0 Å². The van der Waals surface area contributed by atoms with Gasteiger partial charge in [0, 0.05) is 6.42 Å². The molecule has 0 aromatic rings. The summed E-state index contributed by atoms with van der Waals surface area (Å²) in [6, 6.07) is 0. The second-order valence-electron chi connectivity index (χ2n) is 3.52. The van der Waals surface area contributed by atoms with E-state index >= 15 is 0 Å². The van der Waals surface area contributed by atoms with E-state index < -0.39 is 0 Å². The van der Waals surface area contributed by atoms with Gasteiger partial charge in [0.05, 0.1) is 0 Å². The van der Waals surface area contributed by atoms with Crippen molar-refractivity contribution < 1.29 is 4.79 Å². The van der Waals surface area contributed by atoms with E-state index in [1.807, 2.05) is 0 Å². The Morgan fingerprint density at radius 2 is 1.71 bits per heavy atom. The molecule has 0 saturated carbocycles. The van der Waals surface area contributed by atoms with Crippen LogP contribution in [0, 0.1) is 5.53 Å². The number of hydrogen-bond donors (Lipinski definition) is 2. The van der Waals surface area contributed by atoms with Gasteiger partial charge >= 0.3 is 0 Å². The molecule has 0 aromatic heterocycles. The lowest BCUT2D eigenvalue weighted by Crippen LogP contribution is -2.15. The molecule has 4 heteroatoms. The molecule has 0 bridgehead atoms. The molecule has 0 atom stereocenters. The Hall–Kier alpha value is -0.930. The van der Waals surface area contributed by atoms with Crippen LogP contribution in [0.25, 0.3) is 0 Å². The van der Waals surface area contributed by atoms with Crippen LogP contribution in [-0.2, 0) is 4.79 Å². The van der Waals surface area contributed by atoms with Crippen molar-refractivity contribution in [3.8, 4) is 0 Å². The zero-order chi connectivity index (χ0) is 10.6. The van der Waals surface area contributed by atoms with E-state index in [-0.39, 0.29) is 5.91 Å². The number of unbranched alkanes of at least 4 members (excludes halogenated alkanes) is 6. The standard InChI is InChI=1S/C10H21N3O/c1-2-3-4-5-6-7-8-9-10(14)12-13-11/h2-9H2,1H3,(H2,11,12,14). The first kappa shape index (κ1) is 13.1. The van der Waals surface area contributed by atoms with Crippen LogP contribution in [0.15, 0.2) is 5.22 Å². The molecule has 14 heavy (non-hydrogen) atoms. The summed E-state index contributed by atoms with van der Waals surface area (Å²) in [5.41, 5.74) is 8.53. The van der Waals surface area contributed by atoms with Crippen LogP contribution in [-0.4, -0.2) is 5.91 Å². The van der Waals surface area contributed by atoms with Crippen molar-refractivity contribution in [1.29, 1.82) is 5.53 Å². The zero-order valence-corrected chi connectivity index (χ0v) is 9.01. The molecule has 2 N–H and O–H groups in total. The summed E-state index contributed by atoms with van der Waals surface area (Å²) < 4.78 is 0. The van der Waals surface area contributed by atoms with Gasteiger partial charge in [-0.25, -0.2) is 5.43 Å². The summed E-state index contributed by atoms with van der Waals surface area (Å²) in [6.07, 6.45) is 8.90. The van der Waals surface area contributed by atoms with Gasteiger partial charge in [0.25, 0.3) is 0 Å². The maximum Gasteiger partial charge on any atom is 0.241 e. The number of nitrogens with zero attached hydrogens (tertiary/aromatic N) is 1. The monoisotopic (exact) mass is 199 g/mol. The van der Waals surface area contributed by atoms with Gasteiger partial charge in [-0.15, -0.1) is 0 Å². The van der Waals surface area contributed by atoms with Crippen molar-refractivity contribution in [2.75, 3.05) is 0 Å². The Morgan fingerprint density at radius 3 is 2.29 bits per heavy atom. The Balaban J connectivity index is 3.05. The predicted octanol–water partition coefficient (Wildman–Crippen LogP) is 3.19. The maximum atomic E-state index is 10.9. The Bertz CT molecular complexity index is 159. The minimum absolute atomic E-state index is 0.145. The van der Waals surface area contributed by atoms with Crippen molar-refractivity contribution >= 4 is 5.91 Å². The largest absolute Gasteiger partial charge is 0.273 e. The predicted molar refractivity (Wildman–Crippen MR) is 55.9 cm³/mol. The molecule has 0 aliphatic carbocycles. The smallest absolute Gasteiger partial charge is 0.241 e. The molecule has 0 spiro atoms. The number of hydrogen-bond acceptors (Lipinski definition) is 3. The highest BCUT2D eigenvalue weighted by Gasteiger charge is 1.98. The quantitative estimate of drug-likeness (QED) is 0.334. The van der Waals surface area contributed by atoms with Crippen LogP contribution in [0.5, 0.6) is 0 Å². The minimum atomic E-state index is -0.145. The molecule has 0 rings (SSSR count). The molecule has 0 radical (unpaired) electrons. The lowest BCUT2D eigenvalue weighted by atomic mass is 10.1. The molecule has 0 aromatic carbocycles. The van der Waals surface area contributed by atoms with Crippen molar-refractivity contribution in [2.24, 2.45) is 5.22 Å². The van der Waals surface area contributed by atoms with Gasteiger partial charge in [0.2, 0.25) is 5.91 Å². The Kier molecular flexibility index (Phi) is 9.48. The van der Waals surface area contributed by atoms with Crippen LogP contribution in [0.2, 0.25) is 0 Å². The summed E-state index contributed by atoms with van der Waals surface area (Å²) in [5.74, 6) is -0.145. The normalized spacial score (nSPS) is 9.79. The van der Waals surface area contributed by atoms with Crippen molar-refractivity contribution in [3.05, 3.63) is 0 Å². The van der Waals surface area contributed by atoms with E-state index in [1.165, 1.54) is 32.1 Å². The minimum Gasteiger partial charge on any atom is -0.273 e. The van der Waals surface area contributed by atoms with Gasteiger partial charge in [-0.1, -0.05) is 50.7 Å². The Labute approximate surface area is 85.9 Å². The van der Waals surface area contributed by atoms with E-state index in [9.17, 15) is 4.79 Å². The van der Waals surface area contributed by atoms with Gasteiger partial charge in [-0.2, -0.15) is 5.53 Å². The average Bonchev–Trinajstić information content (AvgIpc) is 2.17. The highest BCUT2D eigenvalue weighted by molar-refractivity contribution is 5.75. The first-order valence-corrected chi connectivity index (χ1v) is 5.46. The topological polar surface area (TPSA) is 65.3 Å². The van der Waals surface area contributed by atoms with Gasteiger partial charge in [0.15, 0.2) is 0 Å². The highest BCUT2D eigenvalue weighted by atomic mass is 16.2. The van der Waals surface area contributed by atoms with Crippen molar-refractivity contribution in [3.63, 3.8) is 0 Å². The van der Waals surface area contributed by atoms with E-state index in [0.717, 1.165) is 12.8 Å². The average molecular weight is 199 g/mol. The van der Waals surface area contributed by atoms with E-state index in [1.54, 1.807) is 0 Å². The number of carbonyl (C=O) groups is 1. The Morgan fingerprint density at radius 1 is 1.14 bits per heavy atom. The molecule has 0 saturated heterocycles. The number of rotatable bonds is 9. The molecule has 1 amide bonds. The SMILES string of the molecule is CCCCCCCCCC(=O)NN=N. The van der Waals surface area contributed by atoms with Crippen molar-refractivity contribution in [1.82, 2.24) is 5.43 Å². The fraction of sp³-hybridized carbons (Fsp3) is 0.900. The lowest BCUT2D eigenvalue weighted by molar-refractivity contribution is -0.121. The van der Waals surface area contributed by atoms with Gasteiger partial charge in [0.1, 0.15) is 0 Å². The van der Waals surface area contributed by atoms with Crippen LogP contribution < -0.4 is 5.43 Å². The van der Waals surface area contributed by atoms with Crippen LogP contribution >= 0.6 is 0 Å². The fourth-order valence-electron chi connectivity index (χ4n) is 1.36. The fourth-order valence-corrected chi connectivity index (χ4v) is 1.36. The molecule has 0 fully saturated rings. The summed E-state index contributed by atoms with van der Waals surface area (Å²) >= 11 is 0. The summed E-state index contributed by atoms with van der Waals surface area (Å²) in [6.45, 7) is 2.20. The molecule has 82 valence electrons. The zero-order valence-electron chi connectivity index (χ0n) is 9.01. The van der Waals surface area contributed by atoms with Crippen LogP contribution in [0.3, 0.4) is 0 Å². The second kappa shape index (κ2) is 10.2. The van der Waals surface area contributed by atoms with Crippen LogP contribution in [0.4, 0.5) is 0 Å². The molecule has 0 aliphatic heterocycles. The first-order chi connectivity index (χ1) is 6.81. The molecule has 0 unspecified atom stereocenters. The molecular formula is C10H21N3O. The van der Waals surface area contributed by atoms with Crippen molar-refractivity contribution in [2.45, 2.75) is 58.3 Å². The molecule has 0 heterocycles. The van der Waals surface area contributed by atoms with Crippen LogP contribution in [0.1, 0.15) is 58.3 Å². The third-order valence-electron chi connectivity index (χ3n) is 2.19. The van der Waals surface area contributed by atoms with E-state index in [0.29, 0.717) is 6.42 Å². The number of carbonyl (C=O) groups excluding carboxylic acids is 1. The third kappa shape index (κ3) is 9.16. The highest BCUT2D eigenvalue weighted by Crippen LogP contribution is 2.08. The number of nitrogens with one attached hydrogen (secondary N) is 2. The van der Waals surface area contributed by atoms with E-state index in [2.05, 4.69) is 17.6 Å². The van der Waals surface area contributed by atoms with Gasteiger partial charge in [-0.3, -0.25) is 4.79 Å². The molecule has 0 aliphatic rings.